The maximum atomic E-state index is 12.5. The van der Waals surface area contributed by atoms with Gasteiger partial charge in [-0.2, -0.15) is 9.40 Å². The van der Waals surface area contributed by atoms with Gasteiger partial charge in [-0.15, -0.1) is 0 Å². The van der Waals surface area contributed by atoms with Crippen molar-refractivity contribution in [3.63, 3.8) is 0 Å². The summed E-state index contributed by atoms with van der Waals surface area (Å²) in [4.78, 5) is 12.2. The molecule has 23 heavy (non-hydrogen) atoms. The minimum atomic E-state index is -3.69. The molecule has 1 aromatic carbocycles. The van der Waals surface area contributed by atoms with Crippen LogP contribution in [0.5, 0.6) is 0 Å². The Labute approximate surface area is 133 Å². The van der Waals surface area contributed by atoms with Crippen LogP contribution in [-0.4, -0.2) is 44.9 Å². The second-order valence-electron chi connectivity index (χ2n) is 4.80. The number of sulfonamides is 1. The van der Waals surface area contributed by atoms with Crippen LogP contribution in [0.25, 0.3) is 11.4 Å². The monoisotopic (exact) mass is 330 g/mol. The molecule has 0 fully saturated rings. The summed E-state index contributed by atoms with van der Waals surface area (Å²) in [5, 5.41) is 6.32. The van der Waals surface area contributed by atoms with Crippen molar-refractivity contribution in [1.29, 1.82) is 0 Å². The van der Waals surface area contributed by atoms with Gasteiger partial charge in [-0.1, -0.05) is 30.3 Å². The predicted molar refractivity (Wildman–Crippen MR) is 82.5 cm³/mol. The van der Waals surface area contributed by atoms with E-state index in [2.05, 4.69) is 25.1 Å². The number of hydrogen-bond acceptors (Lipinski definition) is 6. The summed E-state index contributed by atoms with van der Waals surface area (Å²) < 4.78 is 26.1. The Morgan fingerprint density at radius 3 is 2.39 bits per heavy atom. The summed E-state index contributed by atoms with van der Waals surface area (Å²) in [5.41, 5.74) is 0.825. The minimum Gasteiger partial charge on any atom is -0.262 e. The Hall–Kier alpha value is -2.65. The van der Waals surface area contributed by atoms with Crippen LogP contribution in [-0.2, 0) is 16.6 Å². The van der Waals surface area contributed by atoms with Crippen molar-refractivity contribution in [3.8, 4) is 11.4 Å². The summed E-state index contributed by atoms with van der Waals surface area (Å²) in [7, 11) is -2.23. The molecule has 0 aliphatic rings. The Morgan fingerprint density at radius 2 is 1.78 bits per heavy atom. The highest BCUT2D eigenvalue weighted by atomic mass is 32.2. The molecule has 0 atom stereocenters. The van der Waals surface area contributed by atoms with Gasteiger partial charge in [-0.3, -0.25) is 5.10 Å². The first-order valence-electron chi connectivity index (χ1n) is 6.75. The van der Waals surface area contributed by atoms with E-state index in [4.69, 9.17) is 0 Å². The van der Waals surface area contributed by atoms with E-state index in [1.165, 1.54) is 25.8 Å². The van der Waals surface area contributed by atoms with Gasteiger partial charge in [-0.25, -0.2) is 23.4 Å². The number of rotatable bonds is 5. The Kier molecular flexibility index (Phi) is 4.13. The van der Waals surface area contributed by atoms with E-state index >= 15 is 0 Å². The normalized spacial score (nSPS) is 11.7. The van der Waals surface area contributed by atoms with Crippen LogP contribution in [0.2, 0.25) is 0 Å². The first-order valence-corrected chi connectivity index (χ1v) is 8.19. The van der Waals surface area contributed by atoms with Crippen LogP contribution >= 0.6 is 0 Å². The summed E-state index contributed by atoms with van der Waals surface area (Å²) >= 11 is 0. The molecular formula is C14H14N6O2S. The van der Waals surface area contributed by atoms with E-state index in [9.17, 15) is 8.42 Å². The number of nitrogens with one attached hydrogen (secondary N) is 1. The van der Waals surface area contributed by atoms with Crippen molar-refractivity contribution in [2.75, 3.05) is 7.05 Å². The number of aromatic amines is 1. The second kappa shape index (κ2) is 6.23. The molecule has 9 heteroatoms. The van der Waals surface area contributed by atoms with Gasteiger partial charge in [0, 0.05) is 12.6 Å². The van der Waals surface area contributed by atoms with Gasteiger partial charge in [0.2, 0.25) is 10.0 Å². The molecule has 3 rings (SSSR count). The van der Waals surface area contributed by atoms with Gasteiger partial charge < -0.3 is 0 Å². The lowest BCUT2D eigenvalue weighted by Gasteiger charge is -2.15. The van der Waals surface area contributed by atoms with E-state index < -0.39 is 10.0 Å². The number of H-pyrrole nitrogens is 1. The van der Waals surface area contributed by atoms with Gasteiger partial charge in [0.1, 0.15) is 17.0 Å². The van der Waals surface area contributed by atoms with Crippen molar-refractivity contribution in [2.45, 2.75) is 11.4 Å². The molecule has 0 aliphatic heterocycles. The quantitative estimate of drug-likeness (QED) is 0.750. The number of aromatic nitrogens is 5. The second-order valence-corrected chi connectivity index (χ2v) is 6.85. The predicted octanol–water partition coefficient (Wildman–Crippen LogP) is 1.08. The Bertz CT molecular complexity index is 863. The fourth-order valence-corrected chi connectivity index (χ4v) is 2.99. The zero-order valence-corrected chi connectivity index (χ0v) is 13.1. The minimum absolute atomic E-state index is 0.0270. The van der Waals surface area contributed by atoms with Crippen LogP contribution in [0.1, 0.15) is 5.82 Å². The molecule has 2 heterocycles. The highest BCUT2D eigenvalue weighted by Gasteiger charge is 2.22. The van der Waals surface area contributed by atoms with Gasteiger partial charge >= 0.3 is 0 Å². The summed E-state index contributed by atoms with van der Waals surface area (Å²) in [6.07, 6.45) is 3.94. The van der Waals surface area contributed by atoms with Gasteiger partial charge in [0.15, 0.2) is 5.82 Å². The third-order valence-electron chi connectivity index (χ3n) is 3.21. The van der Waals surface area contributed by atoms with Crippen LogP contribution in [0.3, 0.4) is 0 Å². The molecule has 0 radical (unpaired) electrons. The van der Waals surface area contributed by atoms with Crippen molar-refractivity contribution in [3.05, 3.63) is 54.9 Å². The first kappa shape index (κ1) is 15.3. The van der Waals surface area contributed by atoms with Crippen LogP contribution < -0.4 is 0 Å². The fraction of sp³-hybridized carbons (Fsp3) is 0.143. The van der Waals surface area contributed by atoms with Gasteiger partial charge in [0.25, 0.3) is 0 Å². The largest absolute Gasteiger partial charge is 0.262 e. The smallest absolute Gasteiger partial charge is 0.246 e. The van der Waals surface area contributed by atoms with Crippen molar-refractivity contribution >= 4 is 10.0 Å². The lowest BCUT2D eigenvalue weighted by molar-refractivity contribution is 0.456. The third-order valence-corrected chi connectivity index (χ3v) is 4.96. The zero-order valence-electron chi connectivity index (χ0n) is 12.3. The molecule has 0 saturated carbocycles. The van der Waals surface area contributed by atoms with E-state index in [0.29, 0.717) is 11.6 Å². The molecule has 8 nitrogen and oxygen atoms in total. The average Bonchev–Trinajstić information content (AvgIpc) is 3.09. The highest BCUT2D eigenvalue weighted by Crippen LogP contribution is 2.17. The molecule has 0 saturated heterocycles. The van der Waals surface area contributed by atoms with Crippen molar-refractivity contribution in [2.24, 2.45) is 0 Å². The third kappa shape index (κ3) is 3.25. The van der Waals surface area contributed by atoms with Crippen LogP contribution in [0.15, 0.2) is 53.9 Å². The molecule has 0 amide bonds. The molecule has 1 N–H and O–H groups in total. The van der Waals surface area contributed by atoms with Gasteiger partial charge in [-0.05, 0) is 0 Å². The van der Waals surface area contributed by atoms with E-state index in [1.807, 2.05) is 30.3 Å². The van der Waals surface area contributed by atoms with Crippen molar-refractivity contribution in [1.82, 2.24) is 29.5 Å². The number of nitrogens with zero attached hydrogens (tertiary/aromatic N) is 5. The van der Waals surface area contributed by atoms with Crippen LogP contribution in [0, 0.1) is 0 Å². The summed E-state index contributed by atoms with van der Waals surface area (Å²) in [6.45, 7) is 0.0861. The average molecular weight is 330 g/mol. The Morgan fingerprint density at radius 1 is 1.09 bits per heavy atom. The summed E-state index contributed by atoms with van der Waals surface area (Å²) in [5.74, 6) is 0.931. The number of hydrogen-bond donors (Lipinski definition) is 1. The Balaban J connectivity index is 1.83. The zero-order chi connectivity index (χ0) is 16.3. The lowest BCUT2D eigenvalue weighted by atomic mass is 10.2. The molecule has 0 bridgehead atoms. The first-order chi connectivity index (χ1) is 11.1. The van der Waals surface area contributed by atoms with Crippen LogP contribution in [0.4, 0.5) is 0 Å². The molecule has 0 aliphatic carbocycles. The molecule has 118 valence electrons. The number of benzene rings is 1. The van der Waals surface area contributed by atoms with E-state index in [1.54, 1.807) is 0 Å². The maximum absolute atomic E-state index is 12.5. The standard InChI is InChI=1S/C14H14N6O2S/c1-20(9-13-17-10-18-19-13)23(21,22)12-7-15-14(16-8-12)11-5-3-2-4-6-11/h2-8,10H,9H2,1H3,(H,17,18,19). The van der Waals surface area contributed by atoms with Crippen molar-refractivity contribution < 1.29 is 8.42 Å². The topological polar surface area (TPSA) is 105 Å². The van der Waals surface area contributed by atoms with E-state index in [-0.39, 0.29) is 11.4 Å². The molecular weight excluding hydrogens is 316 g/mol. The summed E-state index contributed by atoms with van der Waals surface area (Å²) in [6, 6.07) is 9.35. The maximum Gasteiger partial charge on any atom is 0.246 e. The highest BCUT2D eigenvalue weighted by molar-refractivity contribution is 7.89. The molecule has 3 aromatic rings. The SMILES string of the molecule is CN(Cc1ncn[nH]1)S(=O)(=O)c1cnc(-c2ccccc2)nc1. The molecule has 2 aromatic heterocycles. The molecule has 0 spiro atoms. The van der Waals surface area contributed by atoms with Gasteiger partial charge in [0.05, 0.1) is 18.9 Å². The van der Waals surface area contributed by atoms with E-state index in [0.717, 1.165) is 9.87 Å². The lowest BCUT2D eigenvalue weighted by Crippen LogP contribution is -2.27. The molecule has 0 unspecified atom stereocenters. The fourth-order valence-electron chi connectivity index (χ4n) is 1.97.